The molecule has 1 aliphatic carbocycles. The van der Waals surface area contributed by atoms with Crippen molar-refractivity contribution in [2.45, 2.75) is 38.0 Å². The van der Waals surface area contributed by atoms with Crippen LogP contribution in [0.3, 0.4) is 0 Å². The summed E-state index contributed by atoms with van der Waals surface area (Å²) in [6, 6.07) is 0.219. The number of nitrogens with zero attached hydrogens (tertiary/aromatic N) is 1. The lowest BCUT2D eigenvalue weighted by Gasteiger charge is -2.42. The summed E-state index contributed by atoms with van der Waals surface area (Å²) in [6.07, 6.45) is 1.39. The smallest absolute Gasteiger partial charge is 0.307 e. The van der Waals surface area contributed by atoms with Crippen molar-refractivity contribution in [3.05, 3.63) is 0 Å². The van der Waals surface area contributed by atoms with Crippen LogP contribution >= 0.6 is 11.8 Å². The predicted molar refractivity (Wildman–Crippen MR) is 66.9 cm³/mol. The van der Waals surface area contributed by atoms with Gasteiger partial charge in [0, 0.05) is 23.6 Å². The summed E-state index contributed by atoms with van der Waals surface area (Å²) in [4.78, 5) is 25.1. The van der Waals surface area contributed by atoms with Crippen molar-refractivity contribution in [1.82, 2.24) is 4.90 Å². The van der Waals surface area contributed by atoms with Gasteiger partial charge >= 0.3 is 5.97 Å². The number of hydrogen-bond acceptors (Lipinski definition) is 3. The lowest BCUT2D eigenvalue weighted by atomic mass is 9.72. The predicted octanol–water partition coefficient (Wildman–Crippen LogP) is 1.45. The van der Waals surface area contributed by atoms with E-state index < -0.39 is 11.9 Å². The lowest BCUT2D eigenvalue weighted by molar-refractivity contribution is -0.157. The lowest BCUT2D eigenvalue weighted by Crippen LogP contribution is -2.53. The Morgan fingerprint density at radius 3 is 2.41 bits per heavy atom. The minimum absolute atomic E-state index is 0.0586. The third kappa shape index (κ3) is 2.30. The van der Waals surface area contributed by atoms with Crippen molar-refractivity contribution in [1.29, 1.82) is 0 Å². The highest BCUT2D eigenvalue weighted by atomic mass is 32.2. The molecule has 4 unspecified atom stereocenters. The molecule has 96 valence electrons. The van der Waals surface area contributed by atoms with Gasteiger partial charge in [-0.25, -0.2) is 0 Å². The number of thioether (sulfide) groups is 1. The average Bonchev–Trinajstić information content (AvgIpc) is 2.19. The largest absolute Gasteiger partial charge is 0.481 e. The molecule has 2 aliphatic rings. The van der Waals surface area contributed by atoms with Crippen LogP contribution in [0.15, 0.2) is 0 Å². The molecule has 5 heteroatoms. The quantitative estimate of drug-likeness (QED) is 0.813. The number of hydrogen-bond donors (Lipinski definition) is 1. The molecule has 1 saturated carbocycles. The van der Waals surface area contributed by atoms with Crippen LogP contribution in [0.4, 0.5) is 0 Å². The van der Waals surface area contributed by atoms with Crippen molar-refractivity contribution in [2.75, 3.05) is 12.3 Å². The van der Waals surface area contributed by atoms with Gasteiger partial charge in [-0.1, -0.05) is 6.92 Å². The summed E-state index contributed by atoms with van der Waals surface area (Å²) in [7, 11) is 0. The van der Waals surface area contributed by atoms with Gasteiger partial charge in [0.2, 0.25) is 5.91 Å². The molecular formula is C12H19NO3S. The fourth-order valence-corrected chi connectivity index (χ4v) is 3.65. The molecule has 4 atom stereocenters. The maximum Gasteiger partial charge on any atom is 0.307 e. The first-order chi connectivity index (χ1) is 8.02. The highest BCUT2D eigenvalue weighted by Crippen LogP contribution is 2.37. The number of carbonyl (C=O) groups is 2. The molecule has 1 heterocycles. The molecule has 2 fully saturated rings. The van der Waals surface area contributed by atoms with E-state index in [2.05, 4.69) is 13.8 Å². The van der Waals surface area contributed by atoms with Gasteiger partial charge in [0.15, 0.2) is 0 Å². The van der Waals surface area contributed by atoms with E-state index in [0.29, 0.717) is 11.7 Å². The number of carboxylic acids is 1. The third-order valence-corrected chi connectivity index (χ3v) is 5.41. The molecule has 1 saturated heterocycles. The zero-order valence-corrected chi connectivity index (χ0v) is 11.1. The highest BCUT2D eigenvalue weighted by molar-refractivity contribution is 8.00. The summed E-state index contributed by atoms with van der Waals surface area (Å²) >= 11 is 1.88. The molecule has 4 nitrogen and oxygen atoms in total. The van der Waals surface area contributed by atoms with Gasteiger partial charge in [-0.05, 0) is 19.8 Å². The van der Waals surface area contributed by atoms with Gasteiger partial charge in [0.1, 0.15) is 0 Å². The number of amides is 1. The molecule has 1 aliphatic heterocycles. The minimum atomic E-state index is -0.818. The molecular weight excluding hydrogens is 238 g/mol. The van der Waals surface area contributed by atoms with Crippen LogP contribution in [0.5, 0.6) is 0 Å². The van der Waals surface area contributed by atoms with Gasteiger partial charge in [-0.15, -0.1) is 0 Å². The third-order valence-electron chi connectivity index (χ3n) is 4.08. The standard InChI is InChI=1S/C12H19NO3S/c1-7-8(2)17-6-5-13(7)11(14)9-3-4-10(9)12(15)16/h7-10H,3-6H2,1-2H3,(H,15,16). The zero-order valence-electron chi connectivity index (χ0n) is 10.3. The molecule has 0 aromatic rings. The molecule has 1 N–H and O–H groups in total. The Labute approximate surface area is 106 Å². The second kappa shape index (κ2) is 4.88. The van der Waals surface area contributed by atoms with Crippen LogP contribution in [0, 0.1) is 11.8 Å². The topological polar surface area (TPSA) is 57.6 Å². The highest BCUT2D eigenvalue weighted by Gasteiger charge is 2.44. The van der Waals surface area contributed by atoms with Gasteiger partial charge in [-0.2, -0.15) is 11.8 Å². The van der Waals surface area contributed by atoms with E-state index in [9.17, 15) is 9.59 Å². The summed E-state index contributed by atoms with van der Waals surface area (Å²) in [6.45, 7) is 4.95. The second-order valence-electron chi connectivity index (χ2n) is 4.98. The van der Waals surface area contributed by atoms with Crippen molar-refractivity contribution in [3.8, 4) is 0 Å². The van der Waals surface area contributed by atoms with E-state index >= 15 is 0 Å². The Bertz CT molecular complexity index is 334. The van der Waals surface area contributed by atoms with Crippen molar-refractivity contribution >= 4 is 23.6 Å². The first-order valence-electron chi connectivity index (χ1n) is 6.17. The van der Waals surface area contributed by atoms with Crippen LogP contribution < -0.4 is 0 Å². The molecule has 0 bridgehead atoms. The summed E-state index contributed by atoms with van der Waals surface area (Å²) in [5.74, 6) is -0.517. The van der Waals surface area contributed by atoms with Crippen LogP contribution in [-0.4, -0.2) is 45.5 Å². The monoisotopic (exact) mass is 257 g/mol. The van der Waals surface area contributed by atoms with E-state index in [4.69, 9.17) is 5.11 Å². The van der Waals surface area contributed by atoms with Crippen molar-refractivity contribution in [2.24, 2.45) is 11.8 Å². The number of carbonyl (C=O) groups excluding carboxylic acids is 1. The molecule has 0 aromatic heterocycles. The second-order valence-corrected chi connectivity index (χ2v) is 6.46. The maximum atomic E-state index is 12.3. The normalized spacial score (nSPS) is 37.4. The van der Waals surface area contributed by atoms with E-state index in [1.54, 1.807) is 0 Å². The van der Waals surface area contributed by atoms with E-state index in [0.717, 1.165) is 18.7 Å². The zero-order chi connectivity index (χ0) is 12.6. The Morgan fingerprint density at radius 2 is 1.88 bits per heavy atom. The molecule has 17 heavy (non-hydrogen) atoms. The fourth-order valence-electron chi connectivity index (χ4n) is 2.55. The van der Waals surface area contributed by atoms with Crippen LogP contribution in [0.1, 0.15) is 26.7 Å². The Kier molecular flexibility index (Phi) is 3.66. The van der Waals surface area contributed by atoms with Crippen LogP contribution in [-0.2, 0) is 9.59 Å². The fraction of sp³-hybridized carbons (Fsp3) is 0.833. The van der Waals surface area contributed by atoms with Crippen molar-refractivity contribution in [3.63, 3.8) is 0 Å². The molecule has 1 amide bonds. The number of rotatable bonds is 2. The van der Waals surface area contributed by atoms with Gasteiger partial charge in [0.05, 0.1) is 11.8 Å². The first-order valence-corrected chi connectivity index (χ1v) is 7.22. The van der Waals surface area contributed by atoms with E-state index in [1.165, 1.54) is 0 Å². The molecule has 2 rings (SSSR count). The summed E-state index contributed by atoms with van der Waals surface area (Å²) in [5, 5.41) is 9.43. The molecule has 0 spiro atoms. The van der Waals surface area contributed by atoms with Crippen LogP contribution in [0.2, 0.25) is 0 Å². The van der Waals surface area contributed by atoms with Crippen LogP contribution in [0.25, 0.3) is 0 Å². The number of carboxylic acid groups (broad SMARTS) is 1. The average molecular weight is 257 g/mol. The Balaban J connectivity index is 2.02. The maximum absolute atomic E-state index is 12.3. The Morgan fingerprint density at radius 1 is 1.24 bits per heavy atom. The van der Waals surface area contributed by atoms with E-state index in [1.807, 2.05) is 16.7 Å². The van der Waals surface area contributed by atoms with E-state index in [-0.39, 0.29) is 17.9 Å². The summed E-state index contributed by atoms with van der Waals surface area (Å²) in [5.41, 5.74) is 0. The Hall–Kier alpha value is -0.710. The summed E-state index contributed by atoms with van der Waals surface area (Å²) < 4.78 is 0. The molecule has 0 aromatic carbocycles. The minimum Gasteiger partial charge on any atom is -0.481 e. The van der Waals surface area contributed by atoms with Gasteiger partial charge in [-0.3, -0.25) is 9.59 Å². The molecule has 0 radical (unpaired) electrons. The number of aliphatic carboxylic acids is 1. The van der Waals surface area contributed by atoms with Gasteiger partial charge < -0.3 is 10.0 Å². The van der Waals surface area contributed by atoms with Gasteiger partial charge in [0.25, 0.3) is 0 Å². The SMILES string of the molecule is CC1SCCN(C(=O)C2CCC2C(=O)O)C1C. The van der Waals surface area contributed by atoms with Crippen molar-refractivity contribution < 1.29 is 14.7 Å². The first kappa shape index (κ1) is 12.7.